The number of aryl methyl sites for hydroxylation is 2. The molecule has 3 saturated heterocycles. The minimum absolute atomic E-state index is 0.0501. The third-order valence-corrected chi connectivity index (χ3v) is 18.6. The zero-order valence-corrected chi connectivity index (χ0v) is 58.2. The fraction of sp³-hybridized carbons (Fsp3) is 0.287. The number of nitrogens with one attached hydrogen (secondary N) is 3. The molecule has 5 heterocycles. The van der Waals surface area contributed by atoms with Crippen LogP contribution in [0.4, 0.5) is 17.1 Å². The molecule has 6 aromatic carbocycles. The Balaban J connectivity index is 0.000000179. The number of hydrogen-bond donors (Lipinski definition) is 3. The molecule has 3 N–H and O–H groups in total. The summed E-state index contributed by atoms with van der Waals surface area (Å²) >= 11 is 6.18. The maximum absolute atomic E-state index is 13.2. The highest BCUT2D eigenvalue weighted by Gasteiger charge is 2.29. The van der Waals surface area contributed by atoms with Crippen molar-refractivity contribution in [2.24, 2.45) is 0 Å². The van der Waals surface area contributed by atoms with Gasteiger partial charge in [0.15, 0.2) is 0 Å². The molecule has 0 atom stereocenters. The standard InChI is InChI=1S/C29H28N4O4.C28H26N4O4.C23H24ClN3O2/c1-3-37-29(36)25-14-24(17-31-18-25)27(34)32-26-15-23(7-4-19(26)2)28(35)33-12-10-22(11-13-33)21-8-5-20(16-30)6-9-21;1-18-3-6-22(15-25(18)31-26(33)23-9-10-24(30-17-23)28(35)36-2)27(34)32-13-11-21(12-14-32)20-7-4-19(16-29)5-8-20;1-2-3-22(28)26-21-14-19(8-9-20(21)24)23(29)27-12-10-18(11-13-27)17-6-4-16(15-25)5-7-17/h4-9,14-15,17-18,22H,3,10-13H2,1-2H3,(H,32,34);3-10,15,17,21H,11-14H2,1-2H3,(H,31,33);4-9,14,18H,2-3,10-13H2,1H3,(H,26,28). The number of piperidine rings is 3. The van der Waals surface area contributed by atoms with Crippen LogP contribution in [-0.2, 0) is 14.3 Å². The van der Waals surface area contributed by atoms with Gasteiger partial charge < -0.3 is 40.1 Å². The number of nitrogens with zero attached hydrogens (tertiary/aromatic N) is 8. The molecule has 3 aliphatic heterocycles. The Morgan fingerprint density at radius 2 is 0.863 bits per heavy atom. The molecule has 0 bridgehead atoms. The molecule has 11 rings (SSSR count). The van der Waals surface area contributed by atoms with Gasteiger partial charge in [-0.1, -0.05) is 67.1 Å². The van der Waals surface area contributed by atoms with Gasteiger partial charge in [0.1, 0.15) is 5.69 Å². The van der Waals surface area contributed by atoms with Crippen LogP contribution in [0.1, 0.15) is 200 Å². The number of halogens is 1. The lowest BCUT2D eigenvalue weighted by Crippen LogP contribution is -2.38. The van der Waals surface area contributed by atoms with E-state index in [1.165, 1.54) is 60.6 Å². The van der Waals surface area contributed by atoms with Crippen molar-refractivity contribution in [3.63, 3.8) is 0 Å². The van der Waals surface area contributed by atoms with Crippen LogP contribution in [0.25, 0.3) is 0 Å². The van der Waals surface area contributed by atoms with Gasteiger partial charge in [0.2, 0.25) is 5.91 Å². The number of benzene rings is 6. The molecule has 0 unspecified atom stereocenters. The number of likely N-dealkylation sites (tertiary alicyclic amines) is 3. The van der Waals surface area contributed by atoms with E-state index in [0.29, 0.717) is 119 Å². The number of pyridine rings is 2. The Morgan fingerprint density at radius 3 is 1.25 bits per heavy atom. The highest BCUT2D eigenvalue weighted by atomic mass is 35.5. The fourth-order valence-corrected chi connectivity index (χ4v) is 12.5. The quantitative estimate of drug-likeness (QED) is 0.0758. The highest BCUT2D eigenvalue weighted by molar-refractivity contribution is 6.34. The van der Waals surface area contributed by atoms with Crippen molar-refractivity contribution in [1.82, 2.24) is 24.7 Å². The lowest BCUT2D eigenvalue weighted by molar-refractivity contribution is -0.116. The number of rotatable bonds is 16. The minimum atomic E-state index is -0.579. The van der Waals surface area contributed by atoms with E-state index < -0.39 is 23.8 Å². The number of ether oxygens (including phenoxy) is 2. The van der Waals surface area contributed by atoms with Gasteiger partial charge in [-0.25, -0.2) is 14.6 Å². The Bertz CT molecular complexity index is 4500. The van der Waals surface area contributed by atoms with Crippen molar-refractivity contribution < 1.29 is 47.8 Å². The largest absolute Gasteiger partial charge is 0.464 e. The number of esters is 2. The maximum atomic E-state index is 13.2. The number of methoxy groups -OCH3 is 1. The first-order chi connectivity index (χ1) is 49.3. The summed E-state index contributed by atoms with van der Waals surface area (Å²) in [5.74, 6) is -1.18. The first-order valence-corrected chi connectivity index (χ1v) is 34.2. The smallest absolute Gasteiger partial charge is 0.356 e. The van der Waals surface area contributed by atoms with Crippen LogP contribution in [0, 0.1) is 47.8 Å². The summed E-state index contributed by atoms with van der Waals surface area (Å²) in [4.78, 5) is 114. The van der Waals surface area contributed by atoms with Crippen molar-refractivity contribution in [3.05, 3.63) is 253 Å². The van der Waals surface area contributed by atoms with Crippen molar-refractivity contribution >= 4 is 76.0 Å². The number of carbonyl (C=O) groups excluding carboxylic acids is 8. The molecular weight excluding hydrogens is 1310 g/mol. The van der Waals surface area contributed by atoms with Gasteiger partial charge in [0, 0.05) is 92.3 Å². The molecule has 0 spiro atoms. The molecule has 0 saturated carbocycles. The van der Waals surface area contributed by atoms with Crippen LogP contribution in [0.5, 0.6) is 0 Å². The van der Waals surface area contributed by atoms with Gasteiger partial charge in [0.25, 0.3) is 29.5 Å². The lowest BCUT2D eigenvalue weighted by Gasteiger charge is -2.32. The number of amides is 6. The normalized spacial score (nSPS) is 13.7. The van der Waals surface area contributed by atoms with E-state index in [1.54, 1.807) is 55.5 Å². The van der Waals surface area contributed by atoms with E-state index in [9.17, 15) is 38.4 Å². The van der Waals surface area contributed by atoms with E-state index in [4.69, 9.17) is 32.1 Å². The highest BCUT2D eigenvalue weighted by Crippen LogP contribution is 2.34. The topological polar surface area (TPSA) is 298 Å². The monoisotopic (exact) mass is 1390 g/mol. The van der Waals surface area contributed by atoms with E-state index in [0.717, 1.165) is 56.1 Å². The number of anilines is 3. The summed E-state index contributed by atoms with van der Waals surface area (Å²) in [5.41, 5.74) is 11.0. The Morgan fingerprint density at radius 1 is 0.471 bits per heavy atom. The molecule has 3 fully saturated rings. The zero-order valence-electron chi connectivity index (χ0n) is 57.5. The number of nitriles is 3. The van der Waals surface area contributed by atoms with Gasteiger partial charge >= 0.3 is 11.9 Å². The summed E-state index contributed by atoms with van der Waals surface area (Å²) in [6.07, 6.45) is 10.3. The lowest BCUT2D eigenvalue weighted by atomic mass is 9.89. The fourth-order valence-electron chi connectivity index (χ4n) is 12.3. The van der Waals surface area contributed by atoms with E-state index in [2.05, 4.69) is 48.9 Å². The first kappa shape index (κ1) is 74.4. The summed E-state index contributed by atoms with van der Waals surface area (Å²) < 4.78 is 9.60. The second-order valence-electron chi connectivity index (χ2n) is 25.0. The third kappa shape index (κ3) is 19.5. The van der Waals surface area contributed by atoms with Gasteiger partial charge in [-0.3, -0.25) is 33.8 Å². The van der Waals surface area contributed by atoms with Crippen molar-refractivity contribution in [3.8, 4) is 18.2 Å². The van der Waals surface area contributed by atoms with Crippen molar-refractivity contribution in [1.29, 1.82) is 15.8 Å². The molecule has 3 aliphatic rings. The maximum Gasteiger partial charge on any atom is 0.356 e. The summed E-state index contributed by atoms with van der Waals surface area (Å²) in [5, 5.41) is 35.8. The van der Waals surface area contributed by atoms with Gasteiger partial charge in [-0.2, -0.15) is 15.8 Å². The van der Waals surface area contributed by atoms with Gasteiger partial charge in [-0.15, -0.1) is 0 Å². The number of hydrogen-bond acceptors (Lipinski definition) is 15. The molecule has 520 valence electrons. The average molecular weight is 1390 g/mol. The second-order valence-corrected chi connectivity index (χ2v) is 25.4. The van der Waals surface area contributed by atoms with E-state index >= 15 is 0 Å². The molecule has 8 aromatic rings. The molecule has 2 aromatic heterocycles. The predicted molar refractivity (Wildman–Crippen MR) is 386 cm³/mol. The van der Waals surface area contributed by atoms with Crippen molar-refractivity contribution in [2.45, 2.75) is 96.8 Å². The molecule has 0 aliphatic carbocycles. The predicted octanol–water partition coefficient (Wildman–Crippen LogP) is 14.0. The van der Waals surface area contributed by atoms with Crippen LogP contribution in [-0.4, -0.2) is 125 Å². The van der Waals surface area contributed by atoms with Crippen LogP contribution < -0.4 is 16.0 Å². The third-order valence-electron chi connectivity index (χ3n) is 18.2. The van der Waals surface area contributed by atoms with Crippen LogP contribution in [0.3, 0.4) is 0 Å². The van der Waals surface area contributed by atoms with E-state index in [-0.39, 0.29) is 52.6 Å². The summed E-state index contributed by atoms with van der Waals surface area (Å²) in [6.45, 7) is 11.4. The number of carbonyl (C=O) groups is 8. The zero-order chi connectivity index (χ0) is 72.8. The Kier molecular flexibility index (Phi) is 26.1. The second kappa shape index (κ2) is 35.8. The van der Waals surface area contributed by atoms with Gasteiger partial charge in [-0.05, 0) is 208 Å². The summed E-state index contributed by atoms with van der Waals surface area (Å²) in [6, 6.07) is 49.3. The minimum Gasteiger partial charge on any atom is -0.464 e. The Hall–Kier alpha value is -11.9. The molecule has 102 heavy (non-hydrogen) atoms. The van der Waals surface area contributed by atoms with Crippen LogP contribution in [0.2, 0.25) is 5.02 Å². The van der Waals surface area contributed by atoms with Crippen molar-refractivity contribution in [2.75, 3.05) is 68.9 Å². The van der Waals surface area contributed by atoms with Crippen LogP contribution in [0.15, 0.2) is 164 Å². The van der Waals surface area contributed by atoms with E-state index in [1.807, 2.05) is 114 Å². The average Bonchev–Trinajstić information content (AvgIpc) is 0.829. The molecule has 6 amide bonds. The molecule has 0 radical (unpaired) electrons. The number of aromatic nitrogens is 2. The van der Waals surface area contributed by atoms with Crippen LogP contribution >= 0.6 is 11.6 Å². The Labute approximate surface area is 598 Å². The van der Waals surface area contributed by atoms with Gasteiger partial charge in [0.05, 0.1) is 76.0 Å². The molecule has 22 heteroatoms. The SMILES string of the molecule is CCCC(=O)Nc1cc(C(=O)N2CCC(c3ccc(C#N)cc3)CC2)ccc1Cl.CCOC(=O)c1cncc(C(=O)Nc2cc(C(=O)N3CCC(c4ccc(C#N)cc4)CC3)ccc2C)c1.COC(=O)c1ccc(C(=O)Nc2cc(C(=O)N3CCC(c4ccc(C#N)cc4)CC3)ccc2C)cn1. The first-order valence-electron chi connectivity index (χ1n) is 33.8. The summed E-state index contributed by atoms with van der Waals surface area (Å²) in [7, 11) is 1.26. The molecule has 21 nitrogen and oxygen atoms in total. The molecular formula is C80H78ClN11O10.